The van der Waals surface area contributed by atoms with Gasteiger partial charge in [-0.3, -0.25) is 9.69 Å². The molecular weight excluding hydrogens is 377 g/mol. The van der Waals surface area contributed by atoms with Crippen LogP contribution in [0.2, 0.25) is 10.0 Å². The second-order valence-corrected chi connectivity index (χ2v) is 8.40. The van der Waals surface area contributed by atoms with E-state index < -0.39 is 5.97 Å². The highest BCUT2D eigenvalue weighted by molar-refractivity contribution is 7.12. The summed E-state index contributed by atoms with van der Waals surface area (Å²) in [5, 5.41) is 10.4. The molecule has 0 saturated carbocycles. The van der Waals surface area contributed by atoms with E-state index >= 15 is 0 Å². The van der Waals surface area contributed by atoms with Gasteiger partial charge in [0.25, 0.3) is 0 Å². The number of thiophene rings is 1. The van der Waals surface area contributed by atoms with Crippen LogP contribution in [0.3, 0.4) is 0 Å². The van der Waals surface area contributed by atoms with Crippen molar-refractivity contribution in [1.82, 2.24) is 4.90 Å². The molecule has 3 rings (SSSR count). The fourth-order valence-electron chi connectivity index (χ4n) is 3.37. The van der Waals surface area contributed by atoms with E-state index in [-0.39, 0.29) is 12.0 Å². The van der Waals surface area contributed by atoms with Crippen molar-refractivity contribution in [3.8, 4) is 0 Å². The zero-order chi connectivity index (χ0) is 18.0. The van der Waals surface area contributed by atoms with Crippen LogP contribution in [-0.4, -0.2) is 29.1 Å². The summed E-state index contributed by atoms with van der Waals surface area (Å²) in [4.78, 5) is 16.2. The smallest absolute Gasteiger partial charge is 0.306 e. The normalized spacial score (nSPS) is 17.6. The highest BCUT2D eigenvalue weighted by Gasteiger charge is 2.31. The summed E-state index contributed by atoms with van der Waals surface area (Å²) in [6.07, 6.45) is 2.37. The molecule has 2 aromatic rings. The van der Waals surface area contributed by atoms with E-state index in [1.807, 2.05) is 29.5 Å². The SMILES string of the molecule is CCc1ccc(C(c2ccc(Cl)c(Cl)c2)N2CCC(C(=O)O)CC2)s1. The molecule has 2 heterocycles. The van der Waals surface area contributed by atoms with Crippen molar-refractivity contribution in [3.63, 3.8) is 0 Å². The average molecular weight is 398 g/mol. The minimum atomic E-state index is -0.685. The molecule has 1 fully saturated rings. The minimum Gasteiger partial charge on any atom is -0.481 e. The van der Waals surface area contributed by atoms with E-state index in [2.05, 4.69) is 24.0 Å². The summed E-state index contributed by atoms with van der Waals surface area (Å²) in [7, 11) is 0. The van der Waals surface area contributed by atoms with Crippen LogP contribution in [0.1, 0.15) is 41.1 Å². The first-order valence-electron chi connectivity index (χ1n) is 8.50. The first-order valence-corrected chi connectivity index (χ1v) is 10.1. The van der Waals surface area contributed by atoms with Gasteiger partial charge in [-0.15, -0.1) is 11.3 Å². The molecule has 0 radical (unpaired) electrons. The Labute approximate surface area is 162 Å². The monoisotopic (exact) mass is 397 g/mol. The molecule has 1 saturated heterocycles. The van der Waals surface area contributed by atoms with E-state index in [9.17, 15) is 9.90 Å². The number of aliphatic carboxylic acids is 1. The molecular formula is C19H21Cl2NO2S. The lowest BCUT2D eigenvalue weighted by Gasteiger charge is -2.36. The maximum Gasteiger partial charge on any atom is 0.306 e. The summed E-state index contributed by atoms with van der Waals surface area (Å²) in [5.74, 6) is -0.921. The summed E-state index contributed by atoms with van der Waals surface area (Å²) in [6.45, 7) is 3.69. The Balaban J connectivity index is 1.92. The van der Waals surface area contributed by atoms with Crippen molar-refractivity contribution in [2.45, 2.75) is 32.2 Å². The standard InChI is InChI=1S/C19H21Cl2NO2S/c1-2-14-4-6-17(25-14)18(13-3-5-15(20)16(21)11-13)22-9-7-12(8-10-22)19(23)24/h3-6,11-12,18H,2,7-10H2,1H3,(H,23,24). The average Bonchev–Trinajstić information content (AvgIpc) is 3.07. The first-order chi connectivity index (χ1) is 12.0. The number of carboxylic acid groups (broad SMARTS) is 1. The highest BCUT2D eigenvalue weighted by atomic mass is 35.5. The van der Waals surface area contributed by atoms with Crippen molar-refractivity contribution >= 4 is 40.5 Å². The number of hydrogen-bond donors (Lipinski definition) is 1. The molecule has 1 unspecified atom stereocenters. The van der Waals surface area contributed by atoms with Crippen molar-refractivity contribution in [2.24, 2.45) is 5.92 Å². The Bertz CT molecular complexity index is 754. The van der Waals surface area contributed by atoms with Crippen molar-refractivity contribution in [1.29, 1.82) is 0 Å². The van der Waals surface area contributed by atoms with Crippen molar-refractivity contribution in [3.05, 3.63) is 55.7 Å². The fraction of sp³-hybridized carbons (Fsp3) is 0.421. The zero-order valence-electron chi connectivity index (χ0n) is 14.0. The topological polar surface area (TPSA) is 40.5 Å². The van der Waals surface area contributed by atoms with Crippen LogP contribution in [0.15, 0.2) is 30.3 Å². The third-order valence-corrected chi connectivity index (χ3v) is 6.82. The molecule has 3 nitrogen and oxygen atoms in total. The first kappa shape index (κ1) is 18.7. The minimum absolute atomic E-state index is 0.0924. The number of carboxylic acids is 1. The van der Waals surface area contributed by atoms with Crippen LogP contribution in [0.4, 0.5) is 0 Å². The molecule has 0 aliphatic carbocycles. The molecule has 6 heteroatoms. The maximum absolute atomic E-state index is 11.2. The van der Waals surface area contributed by atoms with Gasteiger partial charge in [0, 0.05) is 9.75 Å². The van der Waals surface area contributed by atoms with Gasteiger partial charge >= 0.3 is 5.97 Å². The third-order valence-electron chi connectivity index (χ3n) is 4.80. The third kappa shape index (κ3) is 4.20. The summed E-state index contributed by atoms with van der Waals surface area (Å²) in [6, 6.07) is 10.2. The fourth-order valence-corrected chi connectivity index (χ4v) is 4.80. The van der Waals surface area contributed by atoms with Crippen LogP contribution >= 0.6 is 34.5 Å². The number of piperidine rings is 1. The number of nitrogens with zero attached hydrogens (tertiary/aromatic N) is 1. The van der Waals surface area contributed by atoms with Crippen LogP contribution < -0.4 is 0 Å². The molecule has 1 aliphatic rings. The Kier molecular flexibility index (Phi) is 6.05. The maximum atomic E-state index is 11.2. The second-order valence-electron chi connectivity index (χ2n) is 6.38. The molecule has 1 aromatic carbocycles. The number of benzene rings is 1. The van der Waals surface area contributed by atoms with E-state index in [0.29, 0.717) is 22.9 Å². The van der Waals surface area contributed by atoms with Gasteiger partial charge in [0.05, 0.1) is 22.0 Å². The van der Waals surface area contributed by atoms with Gasteiger partial charge in [0.1, 0.15) is 0 Å². The van der Waals surface area contributed by atoms with E-state index in [1.165, 1.54) is 9.75 Å². The number of hydrogen-bond acceptors (Lipinski definition) is 3. The zero-order valence-corrected chi connectivity index (χ0v) is 16.4. The molecule has 1 aliphatic heterocycles. The molecule has 1 atom stereocenters. The molecule has 0 amide bonds. The Hall–Kier alpha value is -1.07. The van der Waals surface area contributed by atoms with Gasteiger partial charge in [-0.25, -0.2) is 0 Å². The second kappa shape index (κ2) is 8.09. The highest BCUT2D eigenvalue weighted by Crippen LogP contribution is 2.38. The lowest BCUT2D eigenvalue weighted by Crippen LogP contribution is -2.39. The Morgan fingerprint density at radius 3 is 2.52 bits per heavy atom. The van der Waals surface area contributed by atoms with E-state index in [1.54, 1.807) is 0 Å². The number of carbonyl (C=O) groups is 1. The molecule has 0 spiro atoms. The molecule has 1 N–H and O–H groups in total. The lowest BCUT2D eigenvalue weighted by molar-refractivity contribution is -0.143. The number of aryl methyl sites for hydroxylation is 1. The Morgan fingerprint density at radius 2 is 1.96 bits per heavy atom. The summed E-state index contributed by atoms with van der Waals surface area (Å²) in [5.41, 5.74) is 1.10. The largest absolute Gasteiger partial charge is 0.481 e. The van der Waals surface area contributed by atoms with Gasteiger partial charge < -0.3 is 5.11 Å². The lowest BCUT2D eigenvalue weighted by atomic mass is 9.94. The van der Waals surface area contributed by atoms with Crippen LogP contribution in [0, 0.1) is 5.92 Å². The van der Waals surface area contributed by atoms with Gasteiger partial charge in [0.15, 0.2) is 0 Å². The van der Waals surface area contributed by atoms with Gasteiger partial charge in [0.2, 0.25) is 0 Å². The predicted octanol–water partition coefficient (Wildman–Crippen LogP) is 5.50. The number of likely N-dealkylation sites (tertiary alicyclic amines) is 1. The molecule has 25 heavy (non-hydrogen) atoms. The van der Waals surface area contributed by atoms with Gasteiger partial charge in [-0.1, -0.05) is 36.2 Å². The van der Waals surface area contributed by atoms with Crippen molar-refractivity contribution < 1.29 is 9.90 Å². The van der Waals surface area contributed by atoms with Crippen LogP contribution in [-0.2, 0) is 11.2 Å². The summed E-state index contributed by atoms with van der Waals surface area (Å²) >= 11 is 14.2. The van der Waals surface area contributed by atoms with Crippen LogP contribution in [0.25, 0.3) is 0 Å². The number of halogens is 2. The summed E-state index contributed by atoms with van der Waals surface area (Å²) < 4.78 is 0. The van der Waals surface area contributed by atoms with E-state index in [0.717, 1.165) is 25.1 Å². The van der Waals surface area contributed by atoms with Gasteiger partial charge in [-0.05, 0) is 62.2 Å². The van der Waals surface area contributed by atoms with Gasteiger partial charge in [-0.2, -0.15) is 0 Å². The molecule has 134 valence electrons. The van der Waals surface area contributed by atoms with Crippen molar-refractivity contribution in [2.75, 3.05) is 13.1 Å². The predicted molar refractivity (Wildman–Crippen MR) is 104 cm³/mol. The molecule has 1 aromatic heterocycles. The van der Waals surface area contributed by atoms with Crippen LogP contribution in [0.5, 0.6) is 0 Å². The quantitative estimate of drug-likeness (QED) is 0.723. The number of rotatable bonds is 5. The molecule has 0 bridgehead atoms. The van der Waals surface area contributed by atoms with E-state index in [4.69, 9.17) is 23.2 Å². The Morgan fingerprint density at radius 1 is 1.24 bits per heavy atom.